The van der Waals surface area contributed by atoms with E-state index < -0.39 is 0 Å². The Morgan fingerprint density at radius 3 is 2.48 bits per heavy atom. The van der Waals surface area contributed by atoms with E-state index in [9.17, 15) is 9.59 Å². The van der Waals surface area contributed by atoms with Crippen LogP contribution in [0.2, 0.25) is 0 Å². The summed E-state index contributed by atoms with van der Waals surface area (Å²) < 4.78 is 0. The van der Waals surface area contributed by atoms with Crippen molar-refractivity contribution >= 4 is 11.8 Å². The van der Waals surface area contributed by atoms with Crippen molar-refractivity contribution in [1.82, 2.24) is 9.80 Å². The molecule has 2 rings (SSSR count). The largest absolute Gasteiger partial charge is 0.342 e. The van der Waals surface area contributed by atoms with Gasteiger partial charge < -0.3 is 9.80 Å². The maximum atomic E-state index is 12.7. The van der Waals surface area contributed by atoms with Crippen molar-refractivity contribution < 1.29 is 9.59 Å². The molecule has 0 N–H and O–H groups in total. The molecule has 1 aliphatic heterocycles. The third-order valence-electron chi connectivity index (χ3n) is 4.87. The number of carbonyl (C=O) groups is 2. The Morgan fingerprint density at radius 1 is 1.29 bits per heavy atom. The molecule has 0 spiro atoms. The second kappa shape index (κ2) is 7.28. The molecule has 120 valence electrons. The Bertz CT molecular complexity index is 375. The molecule has 0 aromatic heterocycles. The van der Waals surface area contributed by atoms with Crippen LogP contribution in [0.3, 0.4) is 0 Å². The minimum atomic E-state index is -0.108. The second-order valence-corrected chi connectivity index (χ2v) is 6.65. The van der Waals surface area contributed by atoms with E-state index in [4.69, 9.17) is 0 Å². The average Bonchev–Trinajstić information content (AvgIpc) is 3.21. The molecule has 0 bridgehead atoms. The lowest BCUT2D eigenvalue weighted by molar-refractivity contribution is -0.136. The molecule has 1 atom stereocenters. The highest BCUT2D eigenvalue weighted by atomic mass is 16.2. The first kappa shape index (κ1) is 16.3. The van der Waals surface area contributed by atoms with Crippen LogP contribution in [0.15, 0.2) is 0 Å². The lowest BCUT2D eigenvalue weighted by Crippen LogP contribution is -2.40. The van der Waals surface area contributed by atoms with E-state index >= 15 is 0 Å². The summed E-state index contributed by atoms with van der Waals surface area (Å²) in [7, 11) is 0. The summed E-state index contributed by atoms with van der Waals surface area (Å²) in [5, 5.41) is 0. The molecule has 0 aromatic rings. The number of likely N-dealkylation sites (tertiary alicyclic amines) is 1. The monoisotopic (exact) mass is 294 g/mol. The highest BCUT2D eigenvalue weighted by Gasteiger charge is 2.39. The van der Waals surface area contributed by atoms with Gasteiger partial charge in [-0.25, -0.2) is 0 Å². The van der Waals surface area contributed by atoms with Crippen molar-refractivity contribution in [2.75, 3.05) is 19.6 Å². The zero-order chi connectivity index (χ0) is 15.4. The quantitative estimate of drug-likeness (QED) is 0.690. The summed E-state index contributed by atoms with van der Waals surface area (Å²) in [6.07, 6.45) is 5.89. The molecule has 1 saturated carbocycles. The van der Waals surface area contributed by atoms with Crippen molar-refractivity contribution in [3.8, 4) is 0 Å². The van der Waals surface area contributed by atoms with Gasteiger partial charge in [-0.1, -0.05) is 20.8 Å². The number of hydrogen-bond donors (Lipinski definition) is 0. The maximum absolute atomic E-state index is 12.7. The molecule has 2 fully saturated rings. The highest BCUT2D eigenvalue weighted by molar-refractivity contribution is 5.89. The molecule has 0 aromatic carbocycles. The molecule has 4 nitrogen and oxygen atoms in total. The second-order valence-electron chi connectivity index (χ2n) is 6.65. The summed E-state index contributed by atoms with van der Waals surface area (Å²) in [5.41, 5.74) is 0. The number of nitrogens with zero attached hydrogens (tertiary/aromatic N) is 2. The van der Waals surface area contributed by atoms with Crippen LogP contribution in [0.25, 0.3) is 0 Å². The molecule has 1 saturated heterocycles. The standard InChI is InChI=1S/C17H30N2O2/c1-4-9-18(11-13-7-8-13)17(21)14-10-16(20)19(12-14)15(5-2)6-3/h13-15H,4-12H2,1-3H3. The van der Waals surface area contributed by atoms with Gasteiger partial charge in [0.2, 0.25) is 11.8 Å². The minimum Gasteiger partial charge on any atom is -0.342 e. The average molecular weight is 294 g/mol. The van der Waals surface area contributed by atoms with Crippen LogP contribution in [-0.2, 0) is 9.59 Å². The van der Waals surface area contributed by atoms with Crippen molar-refractivity contribution in [2.45, 2.75) is 65.3 Å². The predicted molar refractivity (Wildman–Crippen MR) is 83.8 cm³/mol. The van der Waals surface area contributed by atoms with Gasteiger partial charge in [0.25, 0.3) is 0 Å². The van der Waals surface area contributed by atoms with Gasteiger partial charge in [0.1, 0.15) is 0 Å². The fraction of sp³-hybridized carbons (Fsp3) is 0.882. The van der Waals surface area contributed by atoms with E-state index in [1.54, 1.807) is 0 Å². The van der Waals surface area contributed by atoms with Gasteiger partial charge in [-0.2, -0.15) is 0 Å². The van der Waals surface area contributed by atoms with Crippen molar-refractivity contribution in [1.29, 1.82) is 0 Å². The first-order valence-corrected chi connectivity index (χ1v) is 8.68. The summed E-state index contributed by atoms with van der Waals surface area (Å²) >= 11 is 0. The molecule has 4 heteroatoms. The van der Waals surface area contributed by atoms with Crippen molar-refractivity contribution in [3.63, 3.8) is 0 Å². The van der Waals surface area contributed by atoms with Crippen molar-refractivity contribution in [3.05, 3.63) is 0 Å². The predicted octanol–water partition coefficient (Wildman–Crippen LogP) is 2.67. The fourth-order valence-electron chi connectivity index (χ4n) is 3.41. The van der Waals surface area contributed by atoms with Gasteiger partial charge in [-0.15, -0.1) is 0 Å². The van der Waals surface area contributed by atoms with Crippen LogP contribution in [0.4, 0.5) is 0 Å². The Labute approximate surface area is 128 Å². The van der Waals surface area contributed by atoms with Crippen LogP contribution < -0.4 is 0 Å². The summed E-state index contributed by atoms with van der Waals surface area (Å²) in [6, 6.07) is 0.304. The molecule has 1 heterocycles. The minimum absolute atomic E-state index is 0.108. The topological polar surface area (TPSA) is 40.6 Å². The van der Waals surface area contributed by atoms with E-state index in [-0.39, 0.29) is 17.7 Å². The molecule has 2 aliphatic rings. The third kappa shape index (κ3) is 3.98. The first-order chi connectivity index (χ1) is 10.1. The Hall–Kier alpha value is -1.06. The van der Waals surface area contributed by atoms with Gasteiger partial charge in [-0.05, 0) is 38.0 Å². The summed E-state index contributed by atoms with van der Waals surface area (Å²) in [5.74, 6) is 0.992. The van der Waals surface area contributed by atoms with Gasteiger partial charge in [0.15, 0.2) is 0 Å². The van der Waals surface area contributed by atoms with E-state index in [1.807, 2.05) is 9.80 Å². The number of carbonyl (C=O) groups excluding carboxylic acids is 2. The number of hydrogen-bond acceptors (Lipinski definition) is 2. The number of amides is 2. The van der Waals surface area contributed by atoms with Crippen LogP contribution >= 0.6 is 0 Å². The smallest absolute Gasteiger partial charge is 0.228 e. The fourth-order valence-corrected chi connectivity index (χ4v) is 3.41. The SMILES string of the molecule is CCCN(CC1CC1)C(=O)C1CC(=O)N(C(CC)CC)C1. The zero-order valence-corrected chi connectivity index (χ0v) is 13.8. The highest BCUT2D eigenvalue weighted by Crippen LogP contribution is 2.31. The third-order valence-corrected chi connectivity index (χ3v) is 4.87. The van der Waals surface area contributed by atoms with E-state index in [0.717, 1.165) is 32.4 Å². The van der Waals surface area contributed by atoms with Crippen LogP contribution in [-0.4, -0.2) is 47.3 Å². The van der Waals surface area contributed by atoms with Crippen LogP contribution in [0, 0.1) is 11.8 Å². The van der Waals surface area contributed by atoms with Gasteiger partial charge in [0.05, 0.1) is 5.92 Å². The van der Waals surface area contributed by atoms with Crippen LogP contribution in [0.1, 0.15) is 59.3 Å². The molecule has 0 radical (unpaired) electrons. The molecule has 21 heavy (non-hydrogen) atoms. The van der Waals surface area contributed by atoms with E-state index in [2.05, 4.69) is 20.8 Å². The van der Waals surface area contributed by atoms with Crippen LogP contribution in [0.5, 0.6) is 0 Å². The first-order valence-electron chi connectivity index (χ1n) is 8.68. The summed E-state index contributed by atoms with van der Waals surface area (Å²) in [4.78, 5) is 28.9. The Morgan fingerprint density at radius 2 is 1.95 bits per heavy atom. The molecule has 2 amide bonds. The van der Waals surface area contributed by atoms with E-state index in [0.29, 0.717) is 24.9 Å². The maximum Gasteiger partial charge on any atom is 0.228 e. The van der Waals surface area contributed by atoms with Gasteiger partial charge >= 0.3 is 0 Å². The molecule has 1 unspecified atom stereocenters. The lowest BCUT2D eigenvalue weighted by atomic mass is 10.1. The lowest BCUT2D eigenvalue weighted by Gasteiger charge is -2.28. The molecular formula is C17H30N2O2. The normalized spacial score (nSPS) is 22.2. The van der Waals surface area contributed by atoms with Crippen molar-refractivity contribution in [2.24, 2.45) is 11.8 Å². The molecule has 1 aliphatic carbocycles. The van der Waals surface area contributed by atoms with Gasteiger partial charge in [-0.3, -0.25) is 9.59 Å². The van der Waals surface area contributed by atoms with Gasteiger partial charge in [0, 0.05) is 32.1 Å². The summed E-state index contributed by atoms with van der Waals surface area (Å²) in [6.45, 7) is 8.73. The number of rotatable bonds is 8. The Kier molecular flexibility index (Phi) is 5.65. The molecular weight excluding hydrogens is 264 g/mol. The zero-order valence-electron chi connectivity index (χ0n) is 13.8. The van der Waals surface area contributed by atoms with E-state index in [1.165, 1.54) is 12.8 Å². The Balaban J connectivity index is 1.96.